The van der Waals surface area contributed by atoms with Crippen LogP contribution in [0.15, 0.2) is 75.7 Å². The highest BCUT2D eigenvalue weighted by Crippen LogP contribution is 2.40. The molecule has 2 aliphatic rings. The quantitative estimate of drug-likeness (QED) is 0.250. The zero-order valence-corrected chi connectivity index (χ0v) is 28.8. The Kier molecular flexibility index (Phi) is 9.68. The normalized spacial score (nSPS) is 16.1. The summed E-state index contributed by atoms with van der Waals surface area (Å²) in [5, 5.41) is 1.86. The molecule has 0 spiro atoms. The number of hydrogen-bond acceptors (Lipinski definition) is 8. The number of allylic oxidation sites excluding steroid dienone is 1. The maximum Gasteiger partial charge on any atom is 0.271 e. The summed E-state index contributed by atoms with van der Waals surface area (Å²) < 4.78 is 19.4. The molecule has 0 aliphatic carbocycles. The Hall–Kier alpha value is -4.90. The number of hydrogen-bond donors (Lipinski definition) is 0. The highest BCUT2D eigenvalue weighted by atomic mass is 32.1. The number of benzene rings is 3. The monoisotopic (exact) mass is 668 g/mol. The van der Waals surface area contributed by atoms with Crippen molar-refractivity contribution in [2.24, 2.45) is 4.99 Å². The van der Waals surface area contributed by atoms with E-state index in [1.165, 1.54) is 18.4 Å². The van der Waals surface area contributed by atoms with E-state index in [1.807, 2.05) is 68.1 Å². The molecule has 2 amide bonds. The summed E-state index contributed by atoms with van der Waals surface area (Å²) in [4.78, 5) is 50.0. The molecule has 1 fully saturated rings. The van der Waals surface area contributed by atoms with E-state index in [0.717, 1.165) is 42.3 Å². The van der Waals surface area contributed by atoms with Gasteiger partial charge in [0.25, 0.3) is 17.4 Å². The molecule has 1 atom stereocenters. The summed E-state index contributed by atoms with van der Waals surface area (Å²) in [5.41, 5.74) is 2.18. The van der Waals surface area contributed by atoms with Crippen molar-refractivity contribution < 1.29 is 23.8 Å². The Morgan fingerprint density at radius 1 is 0.979 bits per heavy atom. The molecule has 4 aromatic rings. The van der Waals surface area contributed by atoms with Crippen LogP contribution in [0.5, 0.6) is 17.2 Å². The third-order valence-corrected chi connectivity index (χ3v) is 10.0. The van der Waals surface area contributed by atoms with Gasteiger partial charge < -0.3 is 24.0 Å². The predicted molar refractivity (Wildman–Crippen MR) is 186 cm³/mol. The van der Waals surface area contributed by atoms with Crippen molar-refractivity contribution in [1.29, 1.82) is 0 Å². The van der Waals surface area contributed by atoms with E-state index in [1.54, 1.807) is 34.8 Å². The molecule has 1 saturated heterocycles. The van der Waals surface area contributed by atoms with Crippen LogP contribution in [0.2, 0.25) is 0 Å². The zero-order chi connectivity index (χ0) is 33.9. The van der Waals surface area contributed by atoms with Gasteiger partial charge in [0.05, 0.1) is 30.0 Å². The number of fused-ring (bicyclic) bond motifs is 2. The molecule has 2 aliphatic heterocycles. The molecule has 48 heavy (non-hydrogen) atoms. The standard InChI is InChI=1S/C37H40N4O6S/c1-6-39(7-2)36(44)32-23(3)38-37-41(34(32)33-26-13-9-8-12-25(26)15-17-28(33)45-4)35(43)30(48-37)21-24-14-16-27(29(20-24)46-5)47-22-31(42)40-18-10-11-19-40/h8-9,12-17,20-21,34H,6-7,10-11,18-19,22H2,1-5H3/b30-21-/t34-/m1/s1. The maximum atomic E-state index is 14.4. The van der Waals surface area contributed by atoms with Gasteiger partial charge in [-0.2, -0.15) is 0 Å². The van der Waals surface area contributed by atoms with Gasteiger partial charge >= 0.3 is 0 Å². The number of nitrogens with zero attached hydrogens (tertiary/aromatic N) is 4. The van der Waals surface area contributed by atoms with E-state index < -0.39 is 6.04 Å². The molecule has 3 heterocycles. The third kappa shape index (κ3) is 6.10. The van der Waals surface area contributed by atoms with Crippen LogP contribution in [0.25, 0.3) is 16.8 Å². The van der Waals surface area contributed by atoms with Crippen LogP contribution in [0, 0.1) is 0 Å². The molecule has 10 nitrogen and oxygen atoms in total. The number of likely N-dealkylation sites (N-methyl/N-ethyl adjacent to an activating group) is 1. The number of ether oxygens (including phenoxy) is 3. The van der Waals surface area contributed by atoms with E-state index in [4.69, 9.17) is 19.2 Å². The number of carbonyl (C=O) groups is 2. The molecule has 0 saturated carbocycles. The van der Waals surface area contributed by atoms with Gasteiger partial charge in [0.2, 0.25) is 0 Å². The summed E-state index contributed by atoms with van der Waals surface area (Å²) in [5.74, 6) is 1.26. The van der Waals surface area contributed by atoms with E-state index in [-0.39, 0.29) is 24.0 Å². The second-order valence-electron chi connectivity index (χ2n) is 11.7. The lowest BCUT2D eigenvalue weighted by molar-refractivity contribution is -0.132. The van der Waals surface area contributed by atoms with Crippen LogP contribution in [-0.4, -0.2) is 73.2 Å². The first kappa shape index (κ1) is 33.0. The van der Waals surface area contributed by atoms with Gasteiger partial charge in [0, 0.05) is 31.7 Å². The number of methoxy groups -OCH3 is 2. The van der Waals surface area contributed by atoms with E-state index in [2.05, 4.69) is 0 Å². The molecule has 0 unspecified atom stereocenters. The van der Waals surface area contributed by atoms with Crippen LogP contribution < -0.4 is 29.1 Å². The average Bonchev–Trinajstić information content (AvgIpc) is 3.75. The van der Waals surface area contributed by atoms with Crippen LogP contribution in [0.1, 0.15) is 50.8 Å². The lowest BCUT2D eigenvalue weighted by Crippen LogP contribution is -2.43. The van der Waals surface area contributed by atoms with E-state index in [0.29, 0.717) is 56.5 Å². The SMILES string of the molecule is CCN(CC)C(=O)C1=C(C)N=c2s/c(=C\c3ccc(OCC(=O)N4CCCC4)c(OC)c3)c(=O)n2[C@H]1c1c(OC)ccc2ccccc12. The second kappa shape index (κ2) is 14.1. The minimum Gasteiger partial charge on any atom is -0.496 e. The lowest BCUT2D eigenvalue weighted by atomic mass is 9.90. The molecule has 6 rings (SSSR count). The largest absolute Gasteiger partial charge is 0.496 e. The van der Waals surface area contributed by atoms with Gasteiger partial charge in [-0.1, -0.05) is 47.7 Å². The number of carbonyl (C=O) groups excluding carboxylic acids is 2. The highest BCUT2D eigenvalue weighted by molar-refractivity contribution is 7.07. The summed E-state index contributed by atoms with van der Waals surface area (Å²) in [6, 6.07) is 16.3. The Balaban J connectivity index is 1.47. The van der Waals surface area contributed by atoms with Crippen LogP contribution in [0.4, 0.5) is 0 Å². The van der Waals surface area contributed by atoms with Gasteiger partial charge in [-0.3, -0.25) is 19.0 Å². The predicted octanol–water partition coefficient (Wildman–Crippen LogP) is 4.28. The first-order valence-electron chi connectivity index (χ1n) is 16.3. The van der Waals surface area contributed by atoms with Gasteiger partial charge in [-0.05, 0) is 74.2 Å². The van der Waals surface area contributed by atoms with Crippen molar-refractivity contribution in [2.45, 2.75) is 39.7 Å². The number of aromatic nitrogens is 1. The molecule has 1 aromatic heterocycles. The minimum absolute atomic E-state index is 0.0498. The van der Waals surface area contributed by atoms with Crippen LogP contribution >= 0.6 is 11.3 Å². The molecular formula is C37H40N4O6S. The highest BCUT2D eigenvalue weighted by Gasteiger charge is 2.36. The van der Waals surface area contributed by atoms with E-state index in [9.17, 15) is 14.4 Å². The van der Waals surface area contributed by atoms with Crippen molar-refractivity contribution in [3.8, 4) is 17.2 Å². The Bertz CT molecular complexity index is 2090. The maximum absolute atomic E-state index is 14.4. The fourth-order valence-electron chi connectivity index (χ4n) is 6.53. The molecule has 0 radical (unpaired) electrons. The molecule has 3 aromatic carbocycles. The summed E-state index contributed by atoms with van der Waals surface area (Å²) in [7, 11) is 3.14. The van der Waals surface area contributed by atoms with Crippen LogP contribution in [-0.2, 0) is 9.59 Å². The van der Waals surface area contributed by atoms with Crippen LogP contribution in [0.3, 0.4) is 0 Å². The fourth-order valence-corrected chi connectivity index (χ4v) is 7.57. The third-order valence-electron chi connectivity index (χ3n) is 9.02. The average molecular weight is 669 g/mol. The molecule has 11 heteroatoms. The molecular weight excluding hydrogens is 628 g/mol. The van der Waals surface area contributed by atoms with Gasteiger partial charge in [-0.25, -0.2) is 4.99 Å². The summed E-state index contributed by atoms with van der Waals surface area (Å²) in [6.07, 6.45) is 3.81. The van der Waals surface area contributed by atoms with Gasteiger partial charge in [0.15, 0.2) is 22.9 Å². The summed E-state index contributed by atoms with van der Waals surface area (Å²) >= 11 is 1.26. The Morgan fingerprint density at radius 2 is 1.69 bits per heavy atom. The number of thiazole rings is 1. The number of likely N-dealkylation sites (tertiary alicyclic amines) is 1. The van der Waals surface area contributed by atoms with Crippen molar-refractivity contribution in [1.82, 2.24) is 14.4 Å². The number of amides is 2. The van der Waals surface area contributed by atoms with Crippen molar-refractivity contribution in [3.63, 3.8) is 0 Å². The fraction of sp³-hybridized carbons (Fsp3) is 0.351. The first-order chi connectivity index (χ1) is 23.3. The van der Waals surface area contributed by atoms with Crippen molar-refractivity contribution in [3.05, 3.63) is 96.7 Å². The summed E-state index contributed by atoms with van der Waals surface area (Å²) in [6.45, 7) is 8.19. The smallest absolute Gasteiger partial charge is 0.271 e. The second-order valence-corrected chi connectivity index (χ2v) is 12.8. The van der Waals surface area contributed by atoms with Gasteiger partial charge in [-0.15, -0.1) is 0 Å². The zero-order valence-electron chi connectivity index (χ0n) is 27.9. The first-order valence-corrected chi connectivity index (χ1v) is 17.1. The lowest BCUT2D eigenvalue weighted by Gasteiger charge is -2.30. The number of rotatable bonds is 10. The van der Waals surface area contributed by atoms with E-state index >= 15 is 0 Å². The Labute approximate surface area is 283 Å². The topological polar surface area (TPSA) is 103 Å². The van der Waals surface area contributed by atoms with Gasteiger partial charge in [0.1, 0.15) is 11.8 Å². The molecule has 0 N–H and O–H groups in total. The minimum atomic E-state index is -0.768. The van der Waals surface area contributed by atoms with Crippen molar-refractivity contribution in [2.75, 3.05) is 47.0 Å². The molecule has 0 bridgehead atoms. The molecule has 250 valence electrons. The van der Waals surface area contributed by atoms with Crippen molar-refractivity contribution >= 4 is 40.0 Å². The Morgan fingerprint density at radius 3 is 2.40 bits per heavy atom.